The molecule has 0 saturated heterocycles. The number of esters is 1. The van der Waals surface area contributed by atoms with Gasteiger partial charge in [0.25, 0.3) is 0 Å². The molecule has 120 valence electrons. The average molecular weight is 320 g/mol. The van der Waals surface area contributed by atoms with Crippen LogP contribution in [0.1, 0.15) is 28.4 Å². The van der Waals surface area contributed by atoms with E-state index in [0.717, 1.165) is 5.56 Å². The van der Waals surface area contributed by atoms with Gasteiger partial charge in [-0.2, -0.15) is 0 Å². The molecule has 0 N–H and O–H groups in total. The van der Waals surface area contributed by atoms with Crippen LogP contribution in [0.2, 0.25) is 0 Å². The van der Waals surface area contributed by atoms with Crippen LogP contribution in [0, 0.1) is 6.92 Å². The molecular formula is C20H16O4. The number of ether oxygens (including phenoxy) is 2. The highest BCUT2D eigenvalue weighted by molar-refractivity contribution is 6.13. The van der Waals surface area contributed by atoms with E-state index in [-0.39, 0.29) is 11.5 Å². The number of fused-ring (bicyclic) bond motifs is 1. The number of rotatable bonds is 3. The van der Waals surface area contributed by atoms with Crippen LogP contribution in [0.25, 0.3) is 6.08 Å². The lowest BCUT2D eigenvalue weighted by Crippen LogP contribution is -2.02. The third kappa shape index (κ3) is 3.27. The topological polar surface area (TPSA) is 52.6 Å². The minimum atomic E-state index is -0.416. The first-order valence-electron chi connectivity index (χ1n) is 7.53. The van der Waals surface area contributed by atoms with E-state index >= 15 is 0 Å². The summed E-state index contributed by atoms with van der Waals surface area (Å²) in [5.74, 6) is 0.443. The number of Topliss-reactive ketones (excluding diaryl/α,β-unsaturated/α-hetero) is 1. The Labute approximate surface area is 140 Å². The van der Waals surface area contributed by atoms with Crippen molar-refractivity contribution in [1.29, 1.82) is 0 Å². The van der Waals surface area contributed by atoms with Gasteiger partial charge in [0.15, 0.2) is 5.76 Å². The van der Waals surface area contributed by atoms with Crippen LogP contribution in [0.15, 0.2) is 60.4 Å². The van der Waals surface area contributed by atoms with Crippen molar-refractivity contribution in [3.63, 3.8) is 0 Å². The average Bonchev–Trinajstić information content (AvgIpc) is 2.84. The van der Waals surface area contributed by atoms with Crippen molar-refractivity contribution in [3.8, 4) is 11.5 Å². The predicted molar refractivity (Wildman–Crippen MR) is 91.0 cm³/mol. The number of carbonyl (C=O) groups excluding carboxylic acids is 2. The van der Waals surface area contributed by atoms with Crippen LogP contribution in [0.4, 0.5) is 0 Å². The Morgan fingerprint density at radius 1 is 1.17 bits per heavy atom. The van der Waals surface area contributed by atoms with Crippen molar-refractivity contribution >= 4 is 17.8 Å². The summed E-state index contributed by atoms with van der Waals surface area (Å²) >= 11 is 0. The summed E-state index contributed by atoms with van der Waals surface area (Å²) in [5.41, 5.74) is 2.25. The van der Waals surface area contributed by atoms with E-state index in [2.05, 4.69) is 0 Å². The zero-order valence-electron chi connectivity index (χ0n) is 13.4. The van der Waals surface area contributed by atoms with E-state index in [1.54, 1.807) is 31.2 Å². The third-order valence-electron chi connectivity index (χ3n) is 3.54. The lowest BCUT2D eigenvalue weighted by Gasteiger charge is -2.05. The van der Waals surface area contributed by atoms with Crippen LogP contribution < -0.4 is 9.47 Å². The van der Waals surface area contributed by atoms with Gasteiger partial charge in [-0.25, -0.2) is 0 Å². The number of hydrogen-bond donors (Lipinski definition) is 0. The van der Waals surface area contributed by atoms with Crippen molar-refractivity contribution in [2.75, 3.05) is 0 Å². The second-order valence-corrected chi connectivity index (χ2v) is 5.44. The molecule has 0 unspecified atom stereocenters. The molecule has 1 aliphatic rings. The molecule has 24 heavy (non-hydrogen) atoms. The molecule has 0 amide bonds. The fraction of sp³-hybridized carbons (Fsp3) is 0.100. The molecule has 0 fully saturated rings. The lowest BCUT2D eigenvalue weighted by molar-refractivity contribution is -0.131. The lowest BCUT2D eigenvalue weighted by atomic mass is 10.0. The third-order valence-corrected chi connectivity index (χ3v) is 3.54. The number of hydrogen-bond acceptors (Lipinski definition) is 4. The fourth-order valence-corrected chi connectivity index (χ4v) is 2.53. The molecule has 4 nitrogen and oxygen atoms in total. The Balaban J connectivity index is 1.85. The summed E-state index contributed by atoms with van der Waals surface area (Å²) in [6, 6.07) is 13.0. The molecule has 0 bridgehead atoms. The molecular weight excluding hydrogens is 304 g/mol. The first-order valence-corrected chi connectivity index (χ1v) is 7.53. The van der Waals surface area contributed by atoms with E-state index in [0.29, 0.717) is 22.6 Å². The molecule has 2 aromatic rings. The first-order chi connectivity index (χ1) is 11.5. The maximum Gasteiger partial charge on any atom is 0.308 e. The van der Waals surface area contributed by atoms with E-state index in [1.807, 2.05) is 36.4 Å². The normalized spacial score (nSPS) is 14.8. The molecule has 0 aliphatic carbocycles. The molecule has 0 saturated carbocycles. The number of ketones is 1. The number of aryl methyl sites for hydroxylation is 1. The van der Waals surface area contributed by atoms with E-state index in [4.69, 9.17) is 9.47 Å². The van der Waals surface area contributed by atoms with Crippen LogP contribution in [-0.2, 0) is 4.79 Å². The highest BCUT2D eigenvalue weighted by atomic mass is 16.5. The SMILES string of the molecule is CC(=O)Oc1cc(C)c2c(c1)O/C(=C\C=C\c1ccccc1)C2=O. The van der Waals surface area contributed by atoms with E-state index in [9.17, 15) is 9.59 Å². The van der Waals surface area contributed by atoms with Crippen molar-refractivity contribution in [1.82, 2.24) is 0 Å². The van der Waals surface area contributed by atoms with Crippen molar-refractivity contribution in [2.24, 2.45) is 0 Å². The van der Waals surface area contributed by atoms with Gasteiger partial charge >= 0.3 is 5.97 Å². The molecule has 0 radical (unpaired) electrons. The number of benzene rings is 2. The predicted octanol–water partition coefficient (Wildman–Crippen LogP) is 4.09. The molecule has 1 heterocycles. The summed E-state index contributed by atoms with van der Waals surface area (Å²) < 4.78 is 10.7. The van der Waals surface area contributed by atoms with Crippen molar-refractivity contribution < 1.29 is 19.1 Å². The maximum atomic E-state index is 12.5. The van der Waals surface area contributed by atoms with Gasteiger partial charge in [0.05, 0.1) is 5.56 Å². The maximum absolute atomic E-state index is 12.5. The number of allylic oxidation sites excluding steroid dienone is 3. The number of carbonyl (C=O) groups is 2. The van der Waals surface area contributed by atoms with Crippen molar-refractivity contribution in [2.45, 2.75) is 13.8 Å². The molecule has 0 atom stereocenters. The standard InChI is InChI=1S/C20H16O4/c1-13-11-16(23-14(2)21)12-18-19(13)20(22)17(24-18)10-6-9-15-7-4-3-5-8-15/h3-12H,1-2H3/b9-6+,17-10-. The zero-order valence-corrected chi connectivity index (χ0v) is 13.4. The zero-order chi connectivity index (χ0) is 17.1. The molecule has 2 aromatic carbocycles. The molecule has 3 rings (SSSR count). The highest BCUT2D eigenvalue weighted by Gasteiger charge is 2.29. The van der Waals surface area contributed by atoms with E-state index in [1.165, 1.54) is 6.92 Å². The van der Waals surface area contributed by atoms with Gasteiger partial charge in [-0.1, -0.05) is 42.5 Å². The smallest absolute Gasteiger partial charge is 0.308 e. The largest absolute Gasteiger partial charge is 0.452 e. The van der Waals surface area contributed by atoms with Crippen LogP contribution in [0.3, 0.4) is 0 Å². The fourth-order valence-electron chi connectivity index (χ4n) is 2.53. The Kier molecular flexibility index (Phi) is 4.29. The van der Waals surface area contributed by atoms with Crippen LogP contribution in [-0.4, -0.2) is 11.8 Å². The molecule has 0 spiro atoms. The van der Waals surface area contributed by atoms with Gasteiger partial charge in [-0.05, 0) is 30.2 Å². The first kappa shape index (κ1) is 15.7. The van der Waals surface area contributed by atoms with Gasteiger partial charge in [-0.15, -0.1) is 0 Å². The Morgan fingerprint density at radius 3 is 2.62 bits per heavy atom. The molecule has 0 aromatic heterocycles. The van der Waals surface area contributed by atoms with Gasteiger partial charge < -0.3 is 9.47 Å². The van der Waals surface area contributed by atoms with Crippen LogP contribution in [0.5, 0.6) is 11.5 Å². The van der Waals surface area contributed by atoms with Crippen LogP contribution >= 0.6 is 0 Å². The monoisotopic (exact) mass is 320 g/mol. The summed E-state index contributed by atoms with van der Waals surface area (Å²) in [4.78, 5) is 23.5. The second-order valence-electron chi connectivity index (χ2n) is 5.44. The molecule has 4 heteroatoms. The Bertz CT molecular complexity index is 861. The Morgan fingerprint density at radius 2 is 1.92 bits per heavy atom. The van der Waals surface area contributed by atoms with Gasteiger partial charge in [0.2, 0.25) is 5.78 Å². The molecule has 1 aliphatic heterocycles. The summed E-state index contributed by atoms with van der Waals surface area (Å²) in [6.45, 7) is 3.12. The summed E-state index contributed by atoms with van der Waals surface area (Å²) in [7, 11) is 0. The van der Waals surface area contributed by atoms with Gasteiger partial charge in [-0.3, -0.25) is 9.59 Å². The summed E-state index contributed by atoms with van der Waals surface area (Å²) in [6.07, 6.45) is 5.31. The minimum absolute atomic E-state index is 0.172. The van der Waals surface area contributed by atoms with Gasteiger partial charge in [0, 0.05) is 13.0 Å². The van der Waals surface area contributed by atoms with E-state index < -0.39 is 5.97 Å². The van der Waals surface area contributed by atoms with Gasteiger partial charge in [0.1, 0.15) is 11.5 Å². The summed E-state index contributed by atoms with van der Waals surface area (Å²) in [5, 5.41) is 0. The minimum Gasteiger partial charge on any atom is -0.452 e. The second kappa shape index (κ2) is 6.54. The highest BCUT2D eigenvalue weighted by Crippen LogP contribution is 2.36. The quantitative estimate of drug-likeness (QED) is 0.485. The van der Waals surface area contributed by atoms with Crippen molar-refractivity contribution in [3.05, 3.63) is 77.1 Å². The Hall–Kier alpha value is -3.14.